The molecule has 0 spiro atoms. The fourth-order valence-electron chi connectivity index (χ4n) is 6.04. The van der Waals surface area contributed by atoms with Crippen LogP contribution in [0.2, 0.25) is 0 Å². The quantitative estimate of drug-likeness (QED) is 0.211. The maximum atomic E-state index is 6.58. The molecular formula is C36H29BO4. The first-order valence-corrected chi connectivity index (χ1v) is 14.1. The normalized spacial score (nSPS) is 16.4. The van der Waals surface area contributed by atoms with Crippen molar-refractivity contribution >= 4 is 56.5 Å². The molecule has 5 heteroatoms. The second-order valence-electron chi connectivity index (χ2n) is 12.0. The predicted octanol–water partition coefficient (Wildman–Crippen LogP) is 9.12. The number of hydrogen-bond acceptors (Lipinski definition) is 4. The van der Waals surface area contributed by atoms with Crippen LogP contribution in [-0.2, 0) is 9.31 Å². The molecule has 2 aromatic heterocycles. The third-order valence-electron chi connectivity index (χ3n) is 8.97. The molecule has 0 aliphatic carbocycles. The largest absolute Gasteiger partial charge is 0.494 e. The van der Waals surface area contributed by atoms with E-state index in [1.165, 1.54) is 0 Å². The molecule has 1 aliphatic heterocycles. The van der Waals surface area contributed by atoms with E-state index in [1.54, 1.807) is 0 Å². The van der Waals surface area contributed by atoms with Gasteiger partial charge >= 0.3 is 7.12 Å². The Morgan fingerprint density at radius 2 is 1.07 bits per heavy atom. The van der Waals surface area contributed by atoms with E-state index >= 15 is 0 Å². The van der Waals surface area contributed by atoms with Crippen LogP contribution in [0.4, 0.5) is 0 Å². The molecule has 1 fully saturated rings. The summed E-state index contributed by atoms with van der Waals surface area (Å²) in [5.74, 6) is 0. The summed E-state index contributed by atoms with van der Waals surface area (Å²) in [5.41, 5.74) is 8.00. The lowest BCUT2D eigenvalue weighted by Gasteiger charge is -2.32. The van der Waals surface area contributed by atoms with Gasteiger partial charge in [-0.3, -0.25) is 0 Å². The summed E-state index contributed by atoms with van der Waals surface area (Å²) in [6.07, 6.45) is 0. The number of benzene rings is 5. The minimum atomic E-state index is -0.396. The molecule has 41 heavy (non-hydrogen) atoms. The van der Waals surface area contributed by atoms with Gasteiger partial charge in [-0.2, -0.15) is 0 Å². The van der Waals surface area contributed by atoms with Crippen LogP contribution in [0.3, 0.4) is 0 Å². The Hall–Kier alpha value is -4.32. The Labute approximate surface area is 238 Å². The van der Waals surface area contributed by atoms with Crippen molar-refractivity contribution < 1.29 is 18.1 Å². The van der Waals surface area contributed by atoms with Gasteiger partial charge < -0.3 is 18.1 Å². The second kappa shape index (κ2) is 8.59. The van der Waals surface area contributed by atoms with Crippen molar-refractivity contribution in [3.05, 3.63) is 103 Å². The number of hydrogen-bond donors (Lipinski definition) is 0. The van der Waals surface area contributed by atoms with Crippen LogP contribution in [-0.4, -0.2) is 18.3 Å². The van der Waals surface area contributed by atoms with E-state index in [-0.39, 0.29) is 11.2 Å². The lowest BCUT2D eigenvalue weighted by molar-refractivity contribution is 0.00578. The molecule has 0 radical (unpaired) electrons. The molecule has 0 bridgehead atoms. The molecule has 7 aromatic rings. The van der Waals surface area contributed by atoms with Crippen molar-refractivity contribution in [3.8, 4) is 22.3 Å². The Morgan fingerprint density at radius 3 is 1.80 bits per heavy atom. The molecule has 8 rings (SSSR count). The van der Waals surface area contributed by atoms with Crippen molar-refractivity contribution in [2.75, 3.05) is 0 Å². The highest BCUT2D eigenvalue weighted by Crippen LogP contribution is 2.44. The monoisotopic (exact) mass is 536 g/mol. The fourth-order valence-corrected chi connectivity index (χ4v) is 6.04. The first-order valence-electron chi connectivity index (χ1n) is 14.1. The van der Waals surface area contributed by atoms with Gasteiger partial charge in [-0.1, -0.05) is 84.9 Å². The minimum absolute atomic E-state index is 0.380. The topological polar surface area (TPSA) is 44.7 Å². The average Bonchev–Trinajstić information content (AvgIpc) is 3.61. The Morgan fingerprint density at radius 1 is 0.488 bits per heavy atom. The number of furan rings is 2. The van der Waals surface area contributed by atoms with Crippen molar-refractivity contribution in [1.29, 1.82) is 0 Å². The summed E-state index contributed by atoms with van der Waals surface area (Å²) < 4.78 is 25.6. The molecule has 0 unspecified atom stereocenters. The molecule has 200 valence electrons. The lowest BCUT2D eigenvalue weighted by Crippen LogP contribution is -2.41. The number of para-hydroxylation sites is 3. The SMILES string of the molecule is CC1(C)OB(c2ccc(-c3ccc(-c4cccc5c4oc4ccccc45)c4c3oc3ccccc34)cc2)OC1(C)C. The Bertz CT molecular complexity index is 2100. The standard InChI is InChI=1S/C36H29BO4/c1-35(2)36(3,4)41-37(40-35)23-18-16-22(17-19-23)24-20-21-26(32-29-11-6-8-15-31(29)39-34(24)32)28-13-9-12-27-25-10-5-7-14-30(25)38-33(27)28/h5-21H,1-4H3. The zero-order valence-electron chi connectivity index (χ0n) is 23.5. The molecule has 1 saturated heterocycles. The van der Waals surface area contributed by atoms with E-state index in [0.717, 1.165) is 71.6 Å². The molecule has 0 saturated carbocycles. The van der Waals surface area contributed by atoms with Gasteiger partial charge in [0.25, 0.3) is 0 Å². The van der Waals surface area contributed by atoms with Crippen molar-refractivity contribution in [1.82, 2.24) is 0 Å². The fraction of sp³-hybridized carbons (Fsp3) is 0.167. The van der Waals surface area contributed by atoms with Gasteiger partial charge in [-0.15, -0.1) is 0 Å². The molecule has 0 atom stereocenters. The summed E-state index contributed by atoms with van der Waals surface area (Å²) in [4.78, 5) is 0. The highest BCUT2D eigenvalue weighted by Gasteiger charge is 2.51. The van der Waals surface area contributed by atoms with Gasteiger partial charge in [0.15, 0.2) is 0 Å². The maximum Gasteiger partial charge on any atom is 0.494 e. The summed E-state index contributed by atoms with van der Waals surface area (Å²) in [5, 5.41) is 4.40. The van der Waals surface area contributed by atoms with Crippen molar-refractivity contribution in [3.63, 3.8) is 0 Å². The van der Waals surface area contributed by atoms with Crippen LogP contribution >= 0.6 is 0 Å². The van der Waals surface area contributed by atoms with Gasteiger partial charge in [-0.25, -0.2) is 0 Å². The molecule has 0 amide bonds. The molecular weight excluding hydrogens is 507 g/mol. The summed E-state index contributed by atoms with van der Waals surface area (Å²) in [7, 11) is -0.396. The third-order valence-corrected chi connectivity index (χ3v) is 8.97. The lowest BCUT2D eigenvalue weighted by atomic mass is 9.78. The molecule has 0 N–H and O–H groups in total. The molecule has 1 aliphatic rings. The second-order valence-corrected chi connectivity index (χ2v) is 12.0. The van der Waals surface area contributed by atoms with Gasteiger partial charge in [0.1, 0.15) is 22.3 Å². The maximum absolute atomic E-state index is 6.58. The Kier molecular flexibility index (Phi) is 5.13. The van der Waals surface area contributed by atoms with Gasteiger partial charge in [0, 0.05) is 32.7 Å². The van der Waals surface area contributed by atoms with E-state index < -0.39 is 7.12 Å². The van der Waals surface area contributed by atoms with E-state index in [2.05, 4.69) is 107 Å². The van der Waals surface area contributed by atoms with Gasteiger partial charge in [0.05, 0.1) is 11.2 Å². The van der Waals surface area contributed by atoms with E-state index in [1.807, 2.05) is 24.3 Å². The van der Waals surface area contributed by atoms with Crippen LogP contribution in [0.1, 0.15) is 27.7 Å². The van der Waals surface area contributed by atoms with E-state index in [0.29, 0.717) is 0 Å². The zero-order chi connectivity index (χ0) is 27.9. The first-order chi connectivity index (χ1) is 19.8. The summed E-state index contributed by atoms with van der Waals surface area (Å²) >= 11 is 0. The van der Waals surface area contributed by atoms with Crippen molar-refractivity contribution in [2.24, 2.45) is 0 Å². The smallest absolute Gasteiger partial charge is 0.455 e. The third kappa shape index (κ3) is 3.63. The van der Waals surface area contributed by atoms with Gasteiger partial charge in [0.2, 0.25) is 0 Å². The van der Waals surface area contributed by atoms with E-state index in [4.69, 9.17) is 18.1 Å². The average molecular weight is 536 g/mol. The zero-order valence-corrected chi connectivity index (χ0v) is 23.5. The number of rotatable bonds is 3. The summed E-state index contributed by atoms with van der Waals surface area (Å²) in [6.45, 7) is 8.31. The Balaban J connectivity index is 1.30. The highest BCUT2D eigenvalue weighted by atomic mass is 16.7. The van der Waals surface area contributed by atoms with Crippen molar-refractivity contribution in [2.45, 2.75) is 38.9 Å². The molecule has 3 heterocycles. The molecule has 5 aromatic carbocycles. The van der Waals surface area contributed by atoms with Crippen LogP contribution in [0.25, 0.3) is 66.1 Å². The summed E-state index contributed by atoms with van der Waals surface area (Å²) in [6, 6.07) is 35.6. The first kappa shape index (κ1) is 24.5. The van der Waals surface area contributed by atoms with Crippen LogP contribution in [0.5, 0.6) is 0 Å². The van der Waals surface area contributed by atoms with Gasteiger partial charge in [-0.05, 0) is 62.5 Å². The number of fused-ring (bicyclic) bond motifs is 6. The molecule has 4 nitrogen and oxygen atoms in total. The minimum Gasteiger partial charge on any atom is -0.455 e. The predicted molar refractivity (Wildman–Crippen MR) is 168 cm³/mol. The van der Waals surface area contributed by atoms with Crippen LogP contribution in [0, 0.1) is 0 Å². The highest BCUT2D eigenvalue weighted by molar-refractivity contribution is 6.62. The van der Waals surface area contributed by atoms with E-state index in [9.17, 15) is 0 Å². The van der Waals surface area contributed by atoms with Crippen LogP contribution < -0.4 is 5.46 Å². The van der Waals surface area contributed by atoms with Crippen LogP contribution in [0.15, 0.2) is 112 Å².